The van der Waals surface area contributed by atoms with Crippen LogP contribution in [0.1, 0.15) is 22.3 Å². The standard InChI is InChI=1S/C58H35N3S2/c1-3-18-39(19-4-1)58(40-20-5-2-6-21-40)48-28-10-7-24-45(48)53-46(26-15-29-49(53)58)56-59-55(60-57(61-56)47-27-14-25-44-42-23-9-12-31-51(42)63-54(44)47)38-17-13-16-36(34-38)37-32-33-43-41-22-8-11-30-50(41)62-52(43)35-37/h1-35H. The van der Waals surface area contributed by atoms with E-state index < -0.39 is 5.41 Å². The predicted molar refractivity (Wildman–Crippen MR) is 265 cm³/mol. The van der Waals surface area contributed by atoms with Gasteiger partial charge in [0.25, 0.3) is 0 Å². The molecule has 13 rings (SSSR count). The average Bonchev–Trinajstić information content (AvgIpc) is 4.03. The lowest BCUT2D eigenvalue weighted by Gasteiger charge is -2.33. The average molecular weight is 838 g/mol. The molecule has 63 heavy (non-hydrogen) atoms. The van der Waals surface area contributed by atoms with E-state index in [1.54, 1.807) is 11.3 Å². The van der Waals surface area contributed by atoms with E-state index in [-0.39, 0.29) is 0 Å². The molecule has 9 aromatic carbocycles. The Morgan fingerprint density at radius 2 is 0.841 bits per heavy atom. The van der Waals surface area contributed by atoms with Crippen molar-refractivity contribution in [3.8, 4) is 56.4 Å². The van der Waals surface area contributed by atoms with Crippen molar-refractivity contribution in [2.75, 3.05) is 0 Å². The molecule has 12 aromatic rings. The van der Waals surface area contributed by atoms with Gasteiger partial charge in [0.15, 0.2) is 17.5 Å². The summed E-state index contributed by atoms with van der Waals surface area (Å²) in [6, 6.07) is 76.7. The van der Waals surface area contributed by atoms with Gasteiger partial charge in [-0.25, -0.2) is 15.0 Å². The number of hydrogen-bond donors (Lipinski definition) is 0. The minimum absolute atomic E-state index is 0.546. The summed E-state index contributed by atoms with van der Waals surface area (Å²) in [4.78, 5) is 16.3. The van der Waals surface area contributed by atoms with Crippen LogP contribution < -0.4 is 0 Å². The molecular formula is C58H35N3S2. The molecule has 0 spiro atoms. The first-order valence-electron chi connectivity index (χ1n) is 21.3. The van der Waals surface area contributed by atoms with Gasteiger partial charge in [0, 0.05) is 57.0 Å². The third-order valence-electron chi connectivity index (χ3n) is 12.8. The fourth-order valence-electron chi connectivity index (χ4n) is 10.1. The fourth-order valence-corrected chi connectivity index (χ4v) is 12.4. The molecule has 0 aliphatic heterocycles. The van der Waals surface area contributed by atoms with E-state index in [4.69, 9.17) is 15.0 Å². The van der Waals surface area contributed by atoms with Crippen LogP contribution in [0.25, 0.3) is 96.8 Å². The van der Waals surface area contributed by atoms with Gasteiger partial charge in [0.05, 0.1) is 5.41 Å². The summed E-state index contributed by atoms with van der Waals surface area (Å²) in [6.45, 7) is 0. The Bertz CT molecular complexity index is 3720. The van der Waals surface area contributed by atoms with Gasteiger partial charge in [0.1, 0.15) is 0 Å². The second-order valence-electron chi connectivity index (χ2n) is 16.2. The van der Waals surface area contributed by atoms with Crippen LogP contribution in [-0.4, -0.2) is 15.0 Å². The zero-order valence-corrected chi connectivity index (χ0v) is 35.5. The molecule has 5 heteroatoms. The summed E-state index contributed by atoms with van der Waals surface area (Å²) in [7, 11) is 0. The van der Waals surface area contributed by atoms with Crippen LogP contribution in [0.3, 0.4) is 0 Å². The van der Waals surface area contributed by atoms with Crippen LogP contribution in [0.15, 0.2) is 212 Å². The van der Waals surface area contributed by atoms with Crippen molar-refractivity contribution in [3.05, 3.63) is 235 Å². The summed E-state index contributed by atoms with van der Waals surface area (Å²) in [5.74, 6) is 1.94. The number of hydrogen-bond acceptors (Lipinski definition) is 5. The quantitative estimate of drug-likeness (QED) is 0.167. The lowest BCUT2D eigenvalue weighted by Crippen LogP contribution is -2.28. The summed E-state index contributed by atoms with van der Waals surface area (Å²) in [5, 5.41) is 5.04. The summed E-state index contributed by atoms with van der Waals surface area (Å²) < 4.78 is 4.99. The van der Waals surface area contributed by atoms with Crippen molar-refractivity contribution >= 4 is 63.0 Å². The van der Waals surface area contributed by atoms with Gasteiger partial charge >= 0.3 is 0 Å². The lowest BCUT2D eigenvalue weighted by atomic mass is 9.67. The zero-order chi connectivity index (χ0) is 41.5. The van der Waals surface area contributed by atoms with E-state index in [2.05, 4.69) is 212 Å². The summed E-state index contributed by atoms with van der Waals surface area (Å²) >= 11 is 3.64. The highest BCUT2D eigenvalue weighted by molar-refractivity contribution is 7.26. The number of thiophene rings is 2. The fraction of sp³-hybridized carbons (Fsp3) is 0.0172. The van der Waals surface area contributed by atoms with Gasteiger partial charge in [0.2, 0.25) is 0 Å². The van der Waals surface area contributed by atoms with E-state index in [0.29, 0.717) is 17.5 Å². The van der Waals surface area contributed by atoms with Crippen molar-refractivity contribution in [1.29, 1.82) is 0 Å². The number of rotatable bonds is 6. The highest BCUT2D eigenvalue weighted by atomic mass is 32.1. The molecule has 3 heterocycles. The molecule has 1 aliphatic rings. The van der Waals surface area contributed by atoms with Crippen molar-refractivity contribution in [1.82, 2.24) is 15.0 Å². The van der Waals surface area contributed by atoms with Crippen molar-refractivity contribution in [3.63, 3.8) is 0 Å². The Labute approximate surface area is 372 Å². The largest absolute Gasteiger partial charge is 0.208 e. The van der Waals surface area contributed by atoms with Crippen LogP contribution in [0, 0.1) is 0 Å². The summed E-state index contributed by atoms with van der Waals surface area (Å²) in [6.07, 6.45) is 0. The van der Waals surface area contributed by atoms with Crippen molar-refractivity contribution in [2.45, 2.75) is 5.41 Å². The normalized spacial score (nSPS) is 12.9. The van der Waals surface area contributed by atoms with Crippen molar-refractivity contribution in [2.24, 2.45) is 0 Å². The third-order valence-corrected chi connectivity index (χ3v) is 15.2. The second-order valence-corrected chi connectivity index (χ2v) is 18.4. The van der Waals surface area contributed by atoms with Gasteiger partial charge in [-0.15, -0.1) is 22.7 Å². The smallest absolute Gasteiger partial charge is 0.165 e. The van der Waals surface area contributed by atoms with Gasteiger partial charge in [-0.1, -0.05) is 182 Å². The van der Waals surface area contributed by atoms with E-state index in [9.17, 15) is 0 Å². The molecule has 0 N–H and O–H groups in total. The number of aromatic nitrogens is 3. The first kappa shape index (κ1) is 36.1. The highest BCUT2D eigenvalue weighted by Gasteiger charge is 2.47. The maximum atomic E-state index is 5.48. The molecular weight excluding hydrogens is 803 g/mol. The highest BCUT2D eigenvalue weighted by Crippen LogP contribution is 2.58. The van der Waals surface area contributed by atoms with Crippen LogP contribution in [-0.2, 0) is 5.41 Å². The molecule has 0 atom stereocenters. The number of fused-ring (bicyclic) bond motifs is 9. The van der Waals surface area contributed by atoms with E-state index in [1.165, 1.54) is 68.2 Å². The number of benzene rings is 9. The Hall–Kier alpha value is -7.57. The van der Waals surface area contributed by atoms with Gasteiger partial charge in [-0.2, -0.15) is 0 Å². The van der Waals surface area contributed by atoms with Crippen LogP contribution in [0.5, 0.6) is 0 Å². The van der Waals surface area contributed by atoms with Crippen LogP contribution in [0.4, 0.5) is 0 Å². The predicted octanol–water partition coefficient (Wildman–Crippen LogP) is 15.6. The van der Waals surface area contributed by atoms with Crippen molar-refractivity contribution < 1.29 is 0 Å². The SMILES string of the molecule is c1ccc(C2(c3ccccc3)c3ccccc3-c3c(-c4nc(-c5cccc(-c6ccc7c(c6)sc6ccccc67)c5)nc(-c5cccc6c5sc5ccccc56)n4)cccc32)cc1. The zero-order valence-electron chi connectivity index (χ0n) is 33.9. The van der Waals surface area contributed by atoms with E-state index >= 15 is 0 Å². The summed E-state index contributed by atoms with van der Waals surface area (Å²) in [5.41, 5.74) is 11.9. The third kappa shape index (κ3) is 5.53. The minimum Gasteiger partial charge on any atom is -0.208 e. The number of nitrogens with zero attached hydrogens (tertiary/aromatic N) is 3. The van der Waals surface area contributed by atoms with Gasteiger partial charge in [-0.05, 0) is 74.8 Å². The van der Waals surface area contributed by atoms with Gasteiger partial charge < -0.3 is 0 Å². The Morgan fingerprint density at radius 1 is 0.317 bits per heavy atom. The monoisotopic (exact) mass is 837 g/mol. The molecule has 0 fully saturated rings. The molecule has 3 nitrogen and oxygen atoms in total. The minimum atomic E-state index is -0.546. The van der Waals surface area contributed by atoms with Crippen LogP contribution in [0.2, 0.25) is 0 Å². The molecule has 0 amide bonds. The van der Waals surface area contributed by atoms with E-state index in [1.807, 2.05) is 11.3 Å². The second kappa shape index (κ2) is 14.2. The molecule has 0 unspecified atom stereocenters. The molecule has 3 aromatic heterocycles. The molecule has 0 saturated heterocycles. The molecule has 294 valence electrons. The molecule has 0 bridgehead atoms. The Kier molecular flexibility index (Phi) is 8.17. The van der Waals surface area contributed by atoms with Gasteiger partial charge in [-0.3, -0.25) is 0 Å². The molecule has 0 radical (unpaired) electrons. The molecule has 1 aliphatic carbocycles. The molecule has 0 saturated carbocycles. The first-order valence-corrected chi connectivity index (χ1v) is 22.9. The Balaban J connectivity index is 1.05. The maximum Gasteiger partial charge on any atom is 0.165 e. The van der Waals surface area contributed by atoms with Crippen LogP contribution >= 0.6 is 22.7 Å². The lowest BCUT2D eigenvalue weighted by molar-refractivity contribution is 0.768. The topological polar surface area (TPSA) is 38.7 Å². The first-order chi connectivity index (χ1) is 31.2. The van der Waals surface area contributed by atoms with E-state index in [0.717, 1.165) is 33.4 Å². The Morgan fingerprint density at radius 3 is 1.63 bits per heavy atom. The maximum absolute atomic E-state index is 5.48.